The molecule has 0 amide bonds. The van der Waals surface area contributed by atoms with Crippen molar-refractivity contribution in [2.45, 2.75) is 37.7 Å². The number of rotatable bonds is 3. The van der Waals surface area contributed by atoms with Crippen molar-refractivity contribution in [1.29, 1.82) is 5.26 Å². The first-order valence-corrected chi connectivity index (χ1v) is 6.76. The van der Waals surface area contributed by atoms with Crippen molar-refractivity contribution in [3.05, 3.63) is 0 Å². The summed E-state index contributed by atoms with van der Waals surface area (Å²) in [6.45, 7) is 5.27. The average Bonchev–Trinajstić information content (AvgIpc) is 2.33. The molecule has 0 bridgehead atoms. The Labute approximate surface area is 104 Å². The Kier molecular flexibility index (Phi) is 4.38. The van der Waals surface area contributed by atoms with Gasteiger partial charge in [-0.25, -0.2) is 0 Å². The first-order chi connectivity index (χ1) is 8.22. The average molecular weight is 237 g/mol. The predicted octanol–water partition coefficient (Wildman–Crippen LogP) is 0.823. The summed E-state index contributed by atoms with van der Waals surface area (Å²) >= 11 is 0. The van der Waals surface area contributed by atoms with E-state index < -0.39 is 5.60 Å². The highest BCUT2D eigenvalue weighted by Crippen LogP contribution is 2.28. The Balaban J connectivity index is 1.75. The zero-order chi connectivity index (χ0) is 12.1. The first kappa shape index (κ1) is 12.8. The van der Waals surface area contributed by atoms with Crippen LogP contribution < -0.4 is 0 Å². The van der Waals surface area contributed by atoms with Crippen LogP contribution in [0.2, 0.25) is 0 Å². The van der Waals surface area contributed by atoms with Gasteiger partial charge >= 0.3 is 0 Å². The lowest BCUT2D eigenvalue weighted by Gasteiger charge is -2.40. The summed E-state index contributed by atoms with van der Waals surface area (Å²) in [4.78, 5) is 4.54. The van der Waals surface area contributed by atoms with E-state index in [1.807, 2.05) is 0 Å². The van der Waals surface area contributed by atoms with Crippen molar-refractivity contribution < 1.29 is 5.11 Å². The highest BCUT2D eigenvalue weighted by Gasteiger charge is 2.32. The van der Waals surface area contributed by atoms with E-state index in [2.05, 4.69) is 15.9 Å². The van der Waals surface area contributed by atoms with E-state index in [1.165, 1.54) is 19.3 Å². The van der Waals surface area contributed by atoms with Gasteiger partial charge in [-0.3, -0.25) is 9.80 Å². The number of piperazine rings is 1. The molecule has 1 aliphatic heterocycles. The van der Waals surface area contributed by atoms with Gasteiger partial charge < -0.3 is 5.11 Å². The second-order valence-corrected chi connectivity index (χ2v) is 5.50. The third kappa shape index (κ3) is 3.67. The molecule has 0 unspecified atom stereocenters. The fraction of sp³-hybridized carbons (Fsp3) is 0.923. The Morgan fingerprint density at radius 1 is 1.00 bits per heavy atom. The van der Waals surface area contributed by atoms with Gasteiger partial charge in [-0.2, -0.15) is 5.26 Å². The lowest BCUT2D eigenvalue weighted by Crippen LogP contribution is -2.52. The number of aliphatic hydroxyl groups is 1. The van der Waals surface area contributed by atoms with E-state index >= 15 is 0 Å². The molecule has 0 aromatic rings. The van der Waals surface area contributed by atoms with E-state index in [0.29, 0.717) is 6.54 Å². The van der Waals surface area contributed by atoms with E-state index in [0.717, 1.165) is 45.6 Å². The molecule has 1 saturated carbocycles. The standard InChI is InChI=1S/C13H23N3O/c14-6-7-15-8-10-16(11-9-15)12-13(17)4-2-1-3-5-13/h17H,1-5,7-12H2. The van der Waals surface area contributed by atoms with Crippen LogP contribution in [0.4, 0.5) is 0 Å². The van der Waals surface area contributed by atoms with Crippen LogP contribution in [0.3, 0.4) is 0 Å². The quantitative estimate of drug-likeness (QED) is 0.738. The maximum Gasteiger partial charge on any atom is 0.0866 e. The molecule has 0 aromatic heterocycles. The molecule has 0 spiro atoms. The summed E-state index contributed by atoms with van der Waals surface area (Å²) in [5.41, 5.74) is -0.435. The number of hydrogen-bond acceptors (Lipinski definition) is 4. The van der Waals surface area contributed by atoms with Crippen molar-refractivity contribution in [2.75, 3.05) is 39.3 Å². The maximum atomic E-state index is 10.5. The molecule has 1 aliphatic carbocycles. The van der Waals surface area contributed by atoms with Crippen LogP contribution in [0.15, 0.2) is 0 Å². The highest BCUT2D eigenvalue weighted by atomic mass is 16.3. The van der Waals surface area contributed by atoms with E-state index in [1.54, 1.807) is 0 Å². The minimum atomic E-state index is -0.435. The summed E-state index contributed by atoms with van der Waals surface area (Å²) in [5, 5.41) is 19.1. The second-order valence-electron chi connectivity index (χ2n) is 5.50. The minimum absolute atomic E-state index is 0.435. The van der Waals surface area contributed by atoms with Crippen molar-refractivity contribution in [2.24, 2.45) is 0 Å². The van der Waals surface area contributed by atoms with Crippen LogP contribution in [-0.4, -0.2) is 59.8 Å². The topological polar surface area (TPSA) is 50.5 Å². The van der Waals surface area contributed by atoms with Crippen molar-refractivity contribution >= 4 is 0 Å². The molecule has 4 nitrogen and oxygen atoms in total. The summed E-state index contributed by atoms with van der Waals surface area (Å²) in [7, 11) is 0. The molecular formula is C13H23N3O. The molecule has 1 N–H and O–H groups in total. The van der Waals surface area contributed by atoms with Crippen LogP contribution in [0.5, 0.6) is 0 Å². The predicted molar refractivity (Wildman–Crippen MR) is 66.5 cm³/mol. The normalized spacial score (nSPS) is 26.6. The summed E-state index contributed by atoms with van der Waals surface area (Å²) in [6, 6.07) is 2.20. The molecule has 0 aromatic carbocycles. The number of hydrogen-bond donors (Lipinski definition) is 1. The summed E-state index contributed by atoms with van der Waals surface area (Å²) in [6.07, 6.45) is 5.55. The molecule has 1 saturated heterocycles. The van der Waals surface area contributed by atoms with Gasteiger partial charge in [0.15, 0.2) is 0 Å². The third-order valence-corrected chi connectivity index (χ3v) is 4.06. The van der Waals surface area contributed by atoms with E-state index in [4.69, 9.17) is 5.26 Å². The molecule has 4 heteroatoms. The highest BCUT2D eigenvalue weighted by molar-refractivity contribution is 4.88. The fourth-order valence-corrected chi connectivity index (χ4v) is 2.99. The van der Waals surface area contributed by atoms with Crippen molar-refractivity contribution in [3.8, 4) is 6.07 Å². The van der Waals surface area contributed by atoms with E-state index in [-0.39, 0.29) is 0 Å². The summed E-state index contributed by atoms with van der Waals surface area (Å²) in [5.74, 6) is 0. The Morgan fingerprint density at radius 3 is 2.18 bits per heavy atom. The molecule has 1 heterocycles. The van der Waals surface area contributed by atoms with Crippen LogP contribution in [0.25, 0.3) is 0 Å². The van der Waals surface area contributed by atoms with Gasteiger partial charge in [-0.15, -0.1) is 0 Å². The lowest BCUT2D eigenvalue weighted by molar-refractivity contribution is -0.0347. The molecule has 2 rings (SSSR count). The minimum Gasteiger partial charge on any atom is -0.389 e. The van der Waals surface area contributed by atoms with E-state index in [9.17, 15) is 5.11 Å². The molecular weight excluding hydrogens is 214 g/mol. The zero-order valence-corrected chi connectivity index (χ0v) is 10.6. The van der Waals surface area contributed by atoms with Gasteiger partial charge in [-0.05, 0) is 12.8 Å². The summed E-state index contributed by atoms with van der Waals surface area (Å²) < 4.78 is 0. The SMILES string of the molecule is N#CCN1CCN(CC2(O)CCCCC2)CC1. The van der Waals surface area contributed by atoms with Crippen LogP contribution in [0, 0.1) is 11.3 Å². The van der Waals surface area contributed by atoms with Gasteiger partial charge in [0.1, 0.15) is 0 Å². The molecule has 0 radical (unpaired) electrons. The zero-order valence-electron chi connectivity index (χ0n) is 10.6. The molecule has 2 fully saturated rings. The van der Waals surface area contributed by atoms with Gasteiger partial charge in [0.25, 0.3) is 0 Å². The largest absolute Gasteiger partial charge is 0.389 e. The lowest BCUT2D eigenvalue weighted by atomic mass is 9.84. The van der Waals surface area contributed by atoms with Crippen LogP contribution in [-0.2, 0) is 0 Å². The number of nitrogens with zero attached hydrogens (tertiary/aromatic N) is 3. The monoisotopic (exact) mass is 237 g/mol. The third-order valence-electron chi connectivity index (χ3n) is 4.06. The Bertz CT molecular complexity index is 273. The second kappa shape index (κ2) is 5.81. The molecule has 0 atom stereocenters. The van der Waals surface area contributed by atoms with Crippen LogP contribution in [0.1, 0.15) is 32.1 Å². The maximum absolute atomic E-state index is 10.5. The van der Waals surface area contributed by atoms with Crippen LogP contribution >= 0.6 is 0 Å². The smallest absolute Gasteiger partial charge is 0.0866 e. The number of β-amino-alcohol motifs (C(OH)–C–C–N with tert-alkyl or cyclic N) is 1. The van der Waals surface area contributed by atoms with Gasteiger partial charge in [-0.1, -0.05) is 19.3 Å². The number of nitriles is 1. The molecule has 96 valence electrons. The first-order valence-electron chi connectivity index (χ1n) is 6.76. The molecule has 17 heavy (non-hydrogen) atoms. The van der Waals surface area contributed by atoms with Gasteiger partial charge in [0.2, 0.25) is 0 Å². The van der Waals surface area contributed by atoms with Gasteiger partial charge in [0, 0.05) is 32.7 Å². The Morgan fingerprint density at radius 2 is 1.59 bits per heavy atom. The molecule has 2 aliphatic rings. The Hall–Kier alpha value is -0.630. The van der Waals surface area contributed by atoms with Gasteiger partial charge in [0.05, 0.1) is 18.2 Å². The van der Waals surface area contributed by atoms with Crippen molar-refractivity contribution in [1.82, 2.24) is 9.80 Å². The fourth-order valence-electron chi connectivity index (χ4n) is 2.99. The van der Waals surface area contributed by atoms with Crippen molar-refractivity contribution in [3.63, 3.8) is 0 Å².